The number of hydrogen-bond acceptors (Lipinski definition) is 3. The van der Waals surface area contributed by atoms with E-state index < -0.39 is 11.9 Å². The molecule has 0 aliphatic heterocycles. The Kier molecular flexibility index (Phi) is 6.82. The quantitative estimate of drug-likeness (QED) is 0.777. The van der Waals surface area contributed by atoms with E-state index >= 15 is 0 Å². The SMILES string of the molecule is COc1ccccc1-c1ccc(C(C)NC(=O)N(C)CC(C)C(=O)O)cc1. The van der Waals surface area contributed by atoms with Crippen LogP contribution in [0.25, 0.3) is 11.1 Å². The minimum Gasteiger partial charge on any atom is -0.496 e. The summed E-state index contributed by atoms with van der Waals surface area (Å²) in [5.74, 6) is -0.730. The second-order valence-electron chi connectivity index (χ2n) is 6.61. The van der Waals surface area contributed by atoms with Crippen molar-refractivity contribution < 1.29 is 19.4 Å². The number of ether oxygens (including phenoxy) is 1. The highest BCUT2D eigenvalue weighted by Crippen LogP contribution is 2.30. The van der Waals surface area contributed by atoms with Gasteiger partial charge in [-0.05, 0) is 24.1 Å². The summed E-state index contributed by atoms with van der Waals surface area (Å²) in [5, 5.41) is 11.9. The highest BCUT2D eigenvalue weighted by molar-refractivity contribution is 5.76. The van der Waals surface area contributed by atoms with Gasteiger partial charge in [-0.15, -0.1) is 0 Å². The molecule has 0 heterocycles. The molecule has 6 nitrogen and oxygen atoms in total. The van der Waals surface area contributed by atoms with Crippen LogP contribution in [0, 0.1) is 5.92 Å². The molecule has 0 aliphatic carbocycles. The highest BCUT2D eigenvalue weighted by atomic mass is 16.5. The Morgan fingerprint density at radius 1 is 1.11 bits per heavy atom. The number of carbonyl (C=O) groups excluding carboxylic acids is 1. The number of hydrogen-bond donors (Lipinski definition) is 2. The molecule has 2 rings (SSSR count). The molecule has 2 aromatic carbocycles. The number of nitrogens with zero attached hydrogens (tertiary/aromatic N) is 1. The van der Waals surface area contributed by atoms with Crippen LogP contribution < -0.4 is 10.1 Å². The van der Waals surface area contributed by atoms with Gasteiger partial charge in [-0.1, -0.05) is 49.4 Å². The van der Waals surface area contributed by atoms with Crippen molar-refractivity contribution in [2.75, 3.05) is 20.7 Å². The third-order valence-corrected chi connectivity index (χ3v) is 4.48. The average molecular weight is 370 g/mol. The molecule has 0 saturated carbocycles. The fourth-order valence-corrected chi connectivity index (χ4v) is 2.79. The fourth-order valence-electron chi connectivity index (χ4n) is 2.79. The summed E-state index contributed by atoms with van der Waals surface area (Å²) >= 11 is 0. The van der Waals surface area contributed by atoms with Crippen LogP contribution in [0.1, 0.15) is 25.5 Å². The predicted molar refractivity (Wildman–Crippen MR) is 105 cm³/mol. The number of para-hydroxylation sites is 1. The van der Waals surface area contributed by atoms with Crippen LogP contribution in [0.4, 0.5) is 4.79 Å². The van der Waals surface area contributed by atoms with Gasteiger partial charge >= 0.3 is 12.0 Å². The molecule has 144 valence electrons. The maximum absolute atomic E-state index is 12.3. The first-order valence-electron chi connectivity index (χ1n) is 8.81. The number of amides is 2. The number of nitrogens with one attached hydrogen (secondary N) is 1. The molecule has 27 heavy (non-hydrogen) atoms. The molecule has 0 fully saturated rings. The van der Waals surface area contributed by atoms with Crippen molar-refractivity contribution >= 4 is 12.0 Å². The largest absolute Gasteiger partial charge is 0.496 e. The van der Waals surface area contributed by atoms with Gasteiger partial charge in [0.15, 0.2) is 0 Å². The van der Waals surface area contributed by atoms with E-state index in [1.807, 2.05) is 55.5 Å². The lowest BCUT2D eigenvalue weighted by atomic mass is 10.0. The van der Waals surface area contributed by atoms with E-state index in [1.165, 1.54) is 4.90 Å². The Morgan fingerprint density at radius 3 is 2.33 bits per heavy atom. The summed E-state index contributed by atoms with van der Waals surface area (Å²) in [6.07, 6.45) is 0. The topological polar surface area (TPSA) is 78.9 Å². The number of aliphatic carboxylic acids is 1. The van der Waals surface area contributed by atoms with Gasteiger partial charge < -0.3 is 20.1 Å². The first-order chi connectivity index (χ1) is 12.8. The third kappa shape index (κ3) is 5.23. The van der Waals surface area contributed by atoms with Gasteiger partial charge in [-0.3, -0.25) is 4.79 Å². The number of benzene rings is 2. The van der Waals surface area contributed by atoms with Crippen molar-refractivity contribution in [3.05, 3.63) is 54.1 Å². The molecule has 0 aromatic heterocycles. The monoisotopic (exact) mass is 370 g/mol. The van der Waals surface area contributed by atoms with E-state index in [4.69, 9.17) is 9.84 Å². The summed E-state index contributed by atoms with van der Waals surface area (Å²) < 4.78 is 5.40. The molecular weight excluding hydrogens is 344 g/mol. The number of carboxylic acid groups (broad SMARTS) is 1. The van der Waals surface area contributed by atoms with Crippen LogP contribution in [-0.2, 0) is 4.79 Å². The minimum atomic E-state index is -0.922. The molecule has 2 atom stereocenters. The molecule has 0 saturated heterocycles. The molecule has 0 aliphatic rings. The second-order valence-corrected chi connectivity index (χ2v) is 6.61. The third-order valence-electron chi connectivity index (χ3n) is 4.48. The highest BCUT2D eigenvalue weighted by Gasteiger charge is 2.19. The first kappa shape index (κ1) is 20.3. The lowest BCUT2D eigenvalue weighted by Gasteiger charge is -2.23. The molecule has 2 amide bonds. The minimum absolute atomic E-state index is 0.153. The zero-order valence-corrected chi connectivity index (χ0v) is 16.1. The lowest BCUT2D eigenvalue weighted by molar-refractivity contribution is -0.141. The van der Waals surface area contributed by atoms with E-state index in [9.17, 15) is 9.59 Å². The maximum Gasteiger partial charge on any atom is 0.317 e. The number of methoxy groups -OCH3 is 1. The summed E-state index contributed by atoms with van der Waals surface area (Å²) in [6, 6.07) is 15.2. The van der Waals surface area contributed by atoms with Gasteiger partial charge in [0.2, 0.25) is 0 Å². The van der Waals surface area contributed by atoms with Gasteiger partial charge in [0.25, 0.3) is 0 Å². The fraction of sp³-hybridized carbons (Fsp3) is 0.333. The van der Waals surface area contributed by atoms with Crippen LogP contribution in [0.2, 0.25) is 0 Å². The van der Waals surface area contributed by atoms with Gasteiger partial charge in [-0.2, -0.15) is 0 Å². The van der Waals surface area contributed by atoms with Crippen molar-refractivity contribution in [3.63, 3.8) is 0 Å². The Bertz CT molecular complexity index is 789. The first-order valence-corrected chi connectivity index (χ1v) is 8.81. The van der Waals surface area contributed by atoms with Crippen LogP contribution in [0.15, 0.2) is 48.5 Å². The molecule has 6 heteroatoms. The smallest absolute Gasteiger partial charge is 0.317 e. The Morgan fingerprint density at radius 2 is 1.74 bits per heavy atom. The van der Waals surface area contributed by atoms with Gasteiger partial charge in [0.05, 0.1) is 19.1 Å². The van der Waals surface area contributed by atoms with Gasteiger partial charge in [0.1, 0.15) is 5.75 Å². The van der Waals surface area contributed by atoms with Crippen molar-refractivity contribution in [2.24, 2.45) is 5.92 Å². The molecule has 2 N–H and O–H groups in total. The van der Waals surface area contributed by atoms with Gasteiger partial charge in [-0.25, -0.2) is 4.79 Å². The standard InChI is InChI=1S/C21H26N2O4/c1-14(20(24)25)13-23(3)21(26)22-15(2)16-9-11-17(12-10-16)18-7-5-6-8-19(18)27-4/h5-12,14-15H,13H2,1-4H3,(H,22,26)(H,24,25). The maximum atomic E-state index is 12.3. The molecule has 0 spiro atoms. The Hall–Kier alpha value is -3.02. The van der Waals surface area contributed by atoms with E-state index in [0.29, 0.717) is 0 Å². The average Bonchev–Trinajstić information content (AvgIpc) is 2.67. The molecule has 2 unspecified atom stereocenters. The van der Waals surface area contributed by atoms with Gasteiger partial charge in [0, 0.05) is 19.2 Å². The number of carboxylic acids is 1. The zero-order chi connectivity index (χ0) is 20.0. The van der Waals surface area contributed by atoms with Crippen LogP contribution in [-0.4, -0.2) is 42.7 Å². The van der Waals surface area contributed by atoms with Crippen LogP contribution >= 0.6 is 0 Å². The van der Waals surface area contributed by atoms with Crippen molar-refractivity contribution in [1.29, 1.82) is 0 Å². The molecule has 0 radical (unpaired) electrons. The predicted octanol–water partition coefficient (Wildman–Crippen LogP) is 3.79. The summed E-state index contributed by atoms with van der Waals surface area (Å²) in [6.45, 7) is 3.62. The van der Waals surface area contributed by atoms with E-state index in [-0.39, 0.29) is 18.6 Å². The van der Waals surface area contributed by atoms with Crippen molar-refractivity contribution in [2.45, 2.75) is 19.9 Å². The molecule has 0 bridgehead atoms. The Balaban J connectivity index is 2.04. The van der Waals surface area contributed by atoms with Crippen molar-refractivity contribution in [1.82, 2.24) is 10.2 Å². The zero-order valence-electron chi connectivity index (χ0n) is 16.1. The van der Waals surface area contributed by atoms with Crippen LogP contribution in [0.5, 0.6) is 5.75 Å². The normalized spacial score (nSPS) is 12.7. The van der Waals surface area contributed by atoms with Crippen molar-refractivity contribution in [3.8, 4) is 16.9 Å². The lowest BCUT2D eigenvalue weighted by Crippen LogP contribution is -2.41. The Labute approximate surface area is 159 Å². The number of urea groups is 1. The number of carbonyl (C=O) groups is 2. The molecular formula is C21H26N2O4. The number of rotatable bonds is 7. The van der Waals surface area contributed by atoms with Crippen LogP contribution in [0.3, 0.4) is 0 Å². The molecule has 2 aromatic rings. The summed E-state index contributed by atoms with van der Waals surface area (Å²) in [4.78, 5) is 24.6. The summed E-state index contributed by atoms with van der Waals surface area (Å²) in [7, 11) is 3.23. The van der Waals surface area contributed by atoms with E-state index in [1.54, 1.807) is 21.1 Å². The van der Waals surface area contributed by atoms with E-state index in [2.05, 4.69) is 5.32 Å². The second kappa shape index (κ2) is 9.07. The summed E-state index contributed by atoms with van der Waals surface area (Å²) in [5.41, 5.74) is 2.99. The van der Waals surface area contributed by atoms with E-state index in [0.717, 1.165) is 22.4 Å².